The standard InChI is InChI=1S/C49H75N3O6S/c1-27(2)37-33(53)25-49(22-23-50-26-43(5,6)52-40(54)39-28(3)51-29(4)59-39)21-20-47(12)30(38(37)49)14-15-35-46(11)18-17-36(45(9,10)34(46)16-19-48(35,47)13)58-42(57)32-24-31(41(55)56)44(32,7)8/h27,30-32,34-36,50H,14-26H2,1-13H3,(H,52,54)(H,55,56)/t30-,31+,32-,34+,35-,36+,46+,47-,48-,49-/m1/s1. The van der Waals surface area contributed by atoms with E-state index in [0.717, 1.165) is 80.6 Å². The molecule has 0 saturated heterocycles. The molecular formula is C49H75N3O6S. The highest BCUT2D eigenvalue weighted by molar-refractivity contribution is 7.13. The number of Topliss-reactive ketones (excluding diaryl/α,β-unsaturated/α-hetero) is 1. The van der Waals surface area contributed by atoms with Gasteiger partial charge in [-0.3, -0.25) is 19.2 Å². The van der Waals surface area contributed by atoms with Gasteiger partial charge in [0.1, 0.15) is 11.0 Å². The molecule has 59 heavy (non-hydrogen) atoms. The van der Waals surface area contributed by atoms with Crippen LogP contribution in [0.2, 0.25) is 0 Å². The van der Waals surface area contributed by atoms with Crippen LogP contribution in [0, 0.1) is 81.8 Å². The van der Waals surface area contributed by atoms with Gasteiger partial charge in [0, 0.05) is 29.3 Å². The molecule has 3 N–H and O–H groups in total. The van der Waals surface area contributed by atoms with Crippen LogP contribution in [0.5, 0.6) is 0 Å². The molecule has 7 rings (SSSR count). The lowest BCUT2D eigenvalue weighted by molar-refractivity contribution is -0.236. The number of ketones is 1. The van der Waals surface area contributed by atoms with Gasteiger partial charge in [-0.25, -0.2) is 4.98 Å². The van der Waals surface area contributed by atoms with Crippen LogP contribution in [0.3, 0.4) is 0 Å². The molecule has 1 amide bonds. The fourth-order valence-electron chi connectivity index (χ4n) is 15.1. The third kappa shape index (κ3) is 6.89. The molecule has 328 valence electrons. The first-order valence-corrected chi connectivity index (χ1v) is 23.8. The van der Waals surface area contributed by atoms with Crippen LogP contribution in [0.4, 0.5) is 0 Å². The first-order chi connectivity index (χ1) is 27.3. The van der Waals surface area contributed by atoms with E-state index in [-0.39, 0.29) is 56.9 Å². The van der Waals surface area contributed by atoms with Gasteiger partial charge in [-0.05, 0) is 149 Å². The number of hydrogen-bond acceptors (Lipinski definition) is 8. The van der Waals surface area contributed by atoms with Gasteiger partial charge in [0.2, 0.25) is 0 Å². The van der Waals surface area contributed by atoms with Crippen LogP contribution >= 0.6 is 11.3 Å². The Morgan fingerprint density at radius 3 is 2.20 bits per heavy atom. The van der Waals surface area contributed by atoms with Gasteiger partial charge in [-0.2, -0.15) is 0 Å². The number of hydrogen-bond donors (Lipinski definition) is 3. The molecule has 0 bridgehead atoms. The third-order valence-electron chi connectivity index (χ3n) is 18.5. The molecule has 9 nitrogen and oxygen atoms in total. The number of allylic oxidation sites excluding steroid dienone is 2. The maximum absolute atomic E-state index is 14.2. The molecule has 0 unspecified atom stereocenters. The number of carbonyl (C=O) groups is 4. The molecule has 1 heterocycles. The van der Waals surface area contributed by atoms with Crippen LogP contribution in [0.15, 0.2) is 11.1 Å². The van der Waals surface area contributed by atoms with Crippen molar-refractivity contribution in [2.75, 3.05) is 13.1 Å². The van der Waals surface area contributed by atoms with Gasteiger partial charge in [-0.1, -0.05) is 67.9 Å². The monoisotopic (exact) mass is 834 g/mol. The minimum Gasteiger partial charge on any atom is -0.481 e. The van der Waals surface area contributed by atoms with Crippen molar-refractivity contribution >= 4 is 35.0 Å². The van der Waals surface area contributed by atoms with Gasteiger partial charge < -0.3 is 20.5 Å². The fraction of sp³-hybridized carbons (Fsp3) is 0.816. The second-order valence-electron chi connectivity index (χ2n) is 23.2. The maximum Gasteiger partial charge on any atom is 0.309 e. The maximum atomic E-state index is 14.2. The molecule has 0 aromatic carbocycles. The highest BCUT2D eigenvalue weighted by Crippen LogP contribution is 2.77. The Labute approximate surface area is 358 Å². The SMILES string of the molecule is Cc1nc(C)c(C(=O)NC(C)(C)CNCC[C@@]23CC[C@]4(C)[C@H](CC[C@@H]5[C@@]6(C)CC[C@H](OC(=O)[C@H]7C[C@@H](C(=O)O)C7(C)C)C(C)(C)[C@@H]6CC[C@]54C)C2=C(C(C)C)C(=O)C3)s1. The van der Waals surface area contributed by atoms with E-state index in [4.69, 9.17) is 4.74 Å². The number of amides is 1. The Balaban J connectivity index is 1.07. The Morgan fingerprint density at radius 2 is 1.59 bits per heavy atom. The summed E-state index contributed by atoms with van der Waals surface area (Å²) >= 11 is 1.44. The number of ether oxygens (including phenoxy) is 1. The average Bonchev–Trinajstić information content (AvgIpc) is 3.62. The quantitative estimate of drug-likeness (QED) is 0.148. The number of carboxylic acids is 1. The van der Waals surface area contributed by atoms with Crippen LogP contribution in [0.25, 0.3) is 0 Å². The summed E-state index contributed by atoms with van der Waals surface area (Å²) in [5, 5.41) is 17.5. The van der Waals surface area contributed by atoms with E-state index < -0.39 is 22.8 Å². The smallest absolute Gasteiger partial charge is 0.309 e. The first kappa shape index (κ1) is 44.5. The number of nitrogens with zero attached hydrogens (tertiary/aromatic N) is 1. The summed E-state index contributed by atoms with van der Waals surface area (Å²) < 4.78 is 6.44. The lowest BCUT2D eigenvalue weighted by Gasteiger charge is -2.72. The van der Waals surface area contributed by atoms with Crippen LogP contribution in [-0.4, -0.2) is 58.5 Å². The third-order valence-corrected chi connectivity index (χ3v) is 19.6. The van der Waals surface area contributed by atoms with Crippen LogP contribution in [-0.2, 0) is 19.1 Å². The fourth-order valence-corrected chi connectivity index (χ4v) is 15.9. The average molecular weight is 834 g/mol. The topological polar surface area (TPSA) is 135 Å². The van der Waals surface area contributed by atoms with Crippen molar-refractivity contribution in [2.45, 2.75) is 172 Å². The van der Waals surface area contributed by atoms with Gasteiger partial charge >= 0.3 is 11.9 Å². The van der Waals surface area contributed by atoms with Crippen molar-refractivity contribution in [1.82, 2.24) is 15.6 Å². The molecule has 5 fully saturated rings. The Hall–Kier alpha value is -2.59. The zero-order chi connectivity index (χ0) is 43.5. The number of aromatic nitrogens is 1. The summed E-state index contributed by atoms with van der Waals surface area (Å²) in [6.07, 6.45) is 10.3. The molecule has 0 radical (unpaired) electrons. The van der Waals surface area contributed by atoms with E-state index in [1.54, 1.807) is 0 Å². The molecule has 1 aromatic heterocycles. The Morgan fingerprint density at radius 1 is 0.898 bits per heavy atom. The molecule has 6 aliphatic rings. The summed E-state index contributed by atoms with van der Waals surface area (Å²) in [5.41, 5.74) is 2.33. The van der Waals surface area contributed by atoms with E-state index in [9.17, 15) is 24.3 Å². The number of aliphatic carboxylic acids is 1. The normalized spacial score (nSPS) is 38.4. The Kier molecular flexibility index (Phi) is 11.1. The summed E-state index contributed by atoms with van der Waals surface area (Å²) in [7, 11) is 0. The van der Waals surface area contributed by atoms with Crippen molar-refractivity contribution < 1.29 is 29.0 Å². The molecule has 0 aliphatic heterocycles. The van der Waals surface area contributed by atoms with E-state index in [2.05, 4.69) is 77.9 Å². The molecule has 5 saturated carbocycles. The highest BCUT2D eigenvalue weighted by Gasteiger charge is 2.70. The molecule has 6 aliphatic carbocycles. The highest BCUT2D eigenvalue weighted by atomic mass is 32.1. The lowest BCUT2D eigenvalue weighted by atomic mass is 9.33. The second kappa shape index (κ2) is 14.8. The van der Waals surface area contributed by atoms with Crippen LogP contribution < -0.4 is 10.6 Å². The molecular weight excluding hydrogens is 759 g/mol. The zero-order valence-electron chi connectivity index (χ0n) is 38.6. The lowest BCUT2D eigenvalue weighted by Crippen LogP contribution is -2.66. The van der Waals surface area contributed by atoms with Crippen molar-refractivity contribution in [3.05, 3.63) is 26.7 Å². The number of carbonyl (C=O) groups excluding carboxylic acids is 3. The van der Waals surface area contributed by atoms with Crippen molar-refractivity contribution in [3.8, 4) is 0 Å². The molecule has 10 heteroatoms. The van der Waals surface area contributed by atoms with Gasteiger partial charge in [0.15, 0.2) is 5.78 Å². The number of thiazole rings is 1. The van der Waals surface area contributed by atoms with Crippen molar-refractivity contribution in [2.24, 2.45) is 68.0 Å². The Bertz CT molecular complexity index is 1930. The minimum atomic E-state index is -0.824. The van der Waals surface area contributed by atoms with Gasteiger partial charge in [0.05, 0.1) is 22.5 Å². The number of nitrogens with one attached hydrogen (secondary N) is 2. The van der Waals surface area contributed by atoms with Gasteiger partial charge in [0.25, 0.3) is 5.91 Å². The number of fused-ring (bicyclic) bond motifs is 7. The second-order valence-corrected chi connectivity index (χ2v) is 24.4. The number of carboxylic acid groups (broad SMARTS) is 1. The van der Waals surface area contributed by atoms with E-state index in [1.807, 2.05) is 27.7 Å². The van der Waals surface area contributed by atoms with Gasteiger partial charge in [-0.15, -0.1) is 11.3 Å². The number of aryl methyl sites for hydroxylation is 2. The van der Waals surface area contributed by atoms with Crippen molar-refractivity contribution in [3.63, 3.8) is 0 Å². The predicted octanol–water partition coefficient (Wildman–Crippen LogP) is 9.89. The zero-order valence-corrected chi connectivity index (χ0v) is 39.4. The molecule has 0 spiro atoms. The van der Waals surface area contributed by atoms with E-state index >= 15 is 0 Å². The number of rotatable bonds is 11. The summed E-state index contributed by atoms with van der Waals surface area (Å²) in [6.45, 7) is 30.1. The summed E-state index contributed by atoms with van der Waals surface area (Å²) in [6, 6.07) is 0. The predicted molar refractivity (Wildman–Crippen MR) is 233 cm³/mol. The van der Waals surface area contributed by atoms with E-state index in [0.29, 0.717) is 47.8 Å². The molecule has 1 aromatic rings. The largest absolute Gasteiger partial charge is 0.481 e. The van der Waals surface area contributed by atoms with Crippen molar-refractivity contribution in [1.29, 1.82) is 0 Å². The summed E-state index contributed by atoms with van der Waals surface area (Å²) in [4.78, 5) is 57.9. The van der Waals surface area contributed by atoms with Crippen LogP contribution in [0.1, 0.15) is 167 Å². The first-order valence-electron chi connectivity index (χ1n) is 22.9. The molecule has 10 atom stereocenters. The van der Waals surface area contributed by atoms with E-state index in [1.165, 1.54) is 16.9 Å². The summed E-state index contributed by atoms with van der Waals surface area (Å²) in [5.74, 6) is -0.0919. The minimum absolute atomic E-state index is 0.0735. The number of esters is 1.